The Morgan fingerprint density at radius 1 is 1.35 bits per heavy atom. The fraction of sp³-hybridized carbons (Fsp3) is 0.647. The van der Waals surface area contributed by atoms with E-state index >= 15 is 0 Å². The number of anilines is 1. The van der Waals surface area contributed by atoms with E-state index in [1.165, 1.54) is 25.8 Å². The van der Waals surface area contributed by atoms with Crippen LogP contribution in [0.4, 0.5) is 5.82 Å². The van der Waals surface area contributed by atoms with Crippen molar-refractivity contribution < 1.29 is 4.74 Å². The Bertz CT molecular complexity index is 692. The molecular weight excluding hydrogens is 290 g/mol. The van der Waals surface area contributed by atoms with Gasteiger partial charge in [0.15, 0.2) is 5.65 Å². The number of hydrogen-bond acceptors (Lipinski definition) is 5. The van der Waals surface area contributed by atoms with Crippen LogP contribution in [0.15, 0.2) is 12.1 Å². The van der Waals surface area contributed by atoms with Gasteiger partial charge in [-0.15, -0.1) is 0 Å². The normalized spacial score (nSPS) is 26.1. The molecule has 0 aromatic carbocycles. The summed E-state index contributed by atoms with van der Waals surface area (Å²) in [6.07, 6.45) is 3.62. The van der Waals surface area contributed by atoms with Gasteiger partial charge in [0.05, 0.1) is 18.0 Å². The van der Waals surface area contributed by atoms with Crippen molar-refractivity contribution in [3.05, 3.63) is 23.5 Å². The monoisotopic (exact) mass is 315 g/mol. The number of aromatic nitrogens is 3. The molecule has 0 unspecified atom stereocenters. The van der Waals surface area contributed by atoms with E-state index in [4.69, 9.17) is 15.5 Å². The van der Waals surface area contributed by atoms with Crippen LogP contribution in [0.25, 0.3) is 5.65 Å². The van der Waals surface area contributed by atoms with Crippen molar-refractivity contribution in [1.82, 2.24) is 19.5 Å². The Morgan fingerprint density at radius 3 is 3.09 bits per heavy atom. The van der Waals surface area contributed by atoms with Gasteiger partial charge in [-0.1, -0.05) is 0 Å². The summed E-state index contributed by atoms with van der Waals surface area (Å²) in [4.78, 5) is 7.40. The Hall–Kier alpha value is -1.66. The first-order valence-corrected chi connectivity index (χ1v) is 8.62. The fourth-order valence-corrected chi connectivity index (χ4v) is 3.90. The topological polar surface area (TPSA) is 68.7 Å². The predicted octanol–water partition coefficient (Wildman–Crippen LogP) is 1.84. The number of nitrogens with two attached hydrogens (primary N) is 1. The zero-order valence-electron chi connectivity index (χ0n) is 13.7. The molecule has 4 rings (SSSR count). The maximum atomic E-state index is 6.17. The van der Waals surface area contributed by atoms with Crippen molar-refractivity contribution >= 4 is 11.5 Å². The van der Waals surface area contributed by atoms with Crippen LogP contribution in [-0.2, 0) is 4.74 Å². The SMILES string of the molecule is Cc1cc2nc([C@@H]3CCCN(C[C@H]4CCOC4)C3)cc(N)n2n1. The summed E-state index contributed by atoms with van der Waals surface area (Å²) < 4.78 is 7.24. The third-order valence-electron chi connectivity index (χ3n) is 5.06. The lowest BCUT2D eigenvalue weighted by Gasteiger charge is -2.33. The van der Waals surface area contributed by atoms with Crippen molar-refractivity contribution in [2.45, 2.75) is 32.1 Å². The summed E-state index contributed by atoms with van der Waals surface area (Å²) in [6.45, 7) is 7.24. The molecule has 0 radical (unpaired) electrons. The number of piperidine rings is 1. The lowest BCUT2D eigenvalue weighted by Crippen LogP contribution is -2.38. The highest BCUT2D eigenvalue weighted by Gasteiger charge is 2.26. The minimum atomic E-state index is 0.466. The van der Waals surface area contributed by atoms with Gasteiger partial charge in [0.1, 0.15) is 5.82 Å². The van der Waals surface area contributed by atoms with Gasteiger partial charge in [0, 0.05) is 37.7 Å². The summed E-state index contributed by atoms with van der Waals surface area (Å²) in [5.74, 6) is 1.85. The molecule has 4 heterocycles. The highest BCUT2D eigenvalue weighted by atomic mass is 16.5. The van der Waals surface area contributed by atoms with Crippen molar-refractivity contribution in [2.24, 2.45) is 5.92 Å². The summed E-state index contributed by atoms with van der Waals surface area (Å²) in [6, 6.07) is 4.00. The summed E-state index contributed by atoms with van der Waals surface area (Å²) in [5.41, 5.74) is 9.10. The van der Waals surface area contributed by atoms with Crippen LogP contribution in [0.1, 0.15) is 36.6 Å². The maximum absolute atomic E-state index is 6.17. The first-order chi connectivity index (χ1) is 11.2. The van der Waals surface area contributed by atoms with E-state index in [2.05, 4.69) is 10.00 Å². The van der Waals surface area contributed by atoms with Gasteiger partial charge in [0.2, 0.25) is 0 Å². The molecule has 0 saturated carbocycles. The highest BCUT2D eigenvalue weighted by Crippen LogP contribution is 2.28. The number of likely N-dealkylation sites (tertiary alicyclic amines) is 1. The summed E-state index contributed by atoms with van der Waals surface area (Å²) in [5, 5.41) is 4.39. The van der Waals surface area contributed by atoms with Crippen LogP contribution < -0.4 is 5.73 Å². The highest BCUT2D eigenvalue weighted by molar-refractivity contribution is 5.48. The molecular formula is C17H25N5O. The third-order valence-corrected chi connectivity index (χ3v) is 5.06. The molecule has 0 aliphatic carbocycles. The van der Waals surface area contributed by atoms with Gasteiger partial charge in [0.25, 0.3) is 0 Å². The Kier molecular flexibility index (Phi) is 3.95. The fourth-order valence-electron chi connectivity index (χ4n) is 3.90. The second-order valence-electron chi connectivity index (χ2n) is 6.99. The molecule has 6 heteroatoms. The van der Waals surface area contributed by atoms with Gasteiger partial charge in [-0.05, 0) is 38.6 Å². The van der Waals surface area contributed by atoms with Gasteiger partial charge in [-0.25, -0.2) is 4.98 Å². The number of fused-ring (bicyclic) bond motifs is 1. The zero-order chi connectivity index (χ0) is 15.8. The standard InChI is InChI=1S/C17H25N5O/c1-12-7-17-19-15(8-16(18)22(17)20-12)14-3-2-5-21(10-14)9-13-4-6-23-11-13/h7-8,13-14H,2-6,9-11,18H2,1H3/t13-,14-/m1/s1. The molecule has 2 aromatic rings. The van der Waals surface area contributed by atoms with Crippen LogP contribution in [0.2, 0.25) is 0 Å². The number of ether oxygens (including phenoxy) is 1. The molecule has 2 aliphatic rings. The molecule has 2 N–H and O–H groups in total. The molecule has 2 atom stereocenters. The van der Waals surface area contributed by atoms with E-state index in [1.54, 1.807) is 4.52 Å². The minimum Gasteiger partial charge on any atom is -0.384 e. The number of nitrogens with zero attached hydrogens (tertiary/aromatic N) is 4. The van der Waals surface area contributed by atoms with Crippen LogP contribution in [-0.4, -0.2) is 52.3 Å². The van der Waals surface area contributed by atoms with Crippen molar-refractivity contribution in [2.75, 3.05) is 38.6 Å². The molecule has 2 aliphatic heterocycles. The van der Waals surface area contributed by atoms with E-state index in [9.17, 15) is 0 Å². The lowest BCUT2D eigenvalue weighted by atomic mass is 9.93. The molecule has 23 heavy (non-hydrogen) atoms. The molecule has 2 aromatic heterocycles. The third kappa shape index (κ3) is 3.05. The summed E-state index contributed by atoms with van der Waals surface area (Å²) >= 11 is 0. The second kappa shape index (κ2) is 6.09. The molecule has 2 fully saturated rings. The van der Waals surface area contributed by atoms with Gasteiger partial charge >= 0.3 is 0 Å². The average Bonchev–Trinajstić information content (AvgIpc) is 3.16. The zero-order valence-corrected chi connectivity index (χ0v) is 13.7. The predicted molar refractivity (Wildman–Crippen MR) is 89.5 cm³/mol. The molecule has 124 valence electrons. The Labute approximate surface area is 136 Å². The number of rotatable bonds is 3. The maximum Gasteiger partial charge on any atom is 0.157 e. The van der Waals surface area contributed by atoms with Crippen LogP contribution >= 0.6 is 0 Å². The van der Waals surface area contributed by atoms with E-state index in [0.717, 1.165) is 43.3 Å². The van der Waals surface area contributed by atoms with E-state index in [-0.39, 0.29) is 0 Å². The largest absolute Gasteiger partial charge is 0.384 e. The van der Waals surface area contributed by atoms with Crippen LogP contribution in [0, 0.1) is 12.8 Å². The van der Waals surface area contributed by atoms with Crippen molar-refractivity contribution in [3.8, 4) is 0 Å². The Balaban J connectivity index is 1.52. The van der Waals surface area contributed by atoms with E-state index in [0.29, 0.717) is 17.7 Å². The van der Waals surface area contributed by atoms with Crippen molar-refractivity contribution in [1.29, 1.82) is 0 Å². The number of hydrogen-bond donors (Lipinski definition) is 1. The first kappa shape index (κ1) is 14.9. The lowest BCUT2D eigenvalue weighted by molar-refractivity contribution is 0.149. The van der Waals surface area contributed by atoms with Gasteiger partial charge < -0.3 is 15.4 Å². The average molecular weight is 315 g/mol. The van der Waals surface area contributed by atoms with Gasteiger partial charge in [-0.2, -0.15) is 9.61 Å². The first-order valence-electron chi connectivity index (χ1n) is 8.62. The number of nitrogen functional groups attached to an aromatic ring is 1. The van der Waals surface area contributed by atoms with Crippen LogP contribution in [0.5, 0.6) is 0 Å². The van der Waals surface area contributed by atoms with Crippen molar-refractivity contribution in [3.63, 3.8) is 0 Å². The van der Waals surface area contributed by atoms with Gasteiger partial charge in [-0.3, -0.25) is 0 Å². The Morgan fingerprint density at radius 2 is 2.26 bits per heavy atom. The van der Waals surface area contributed by atoms with E-state index < -0.39 is 0 Å². The molecule has 0 bridgehead atoms. The quantitative estimate of drug-likeness (QED) is 0.936. The molecule has 6 nitrogen and oxygen atoms in total. The minimum absolute atomic E-state index is 0.466. The van der Waals surface area contributed by atoms with E-state index in [1.807, 2.05) is 19.1 Å². The second-order valence-corrected chi connectivity index (χ2v) is 6.99. The van der Waals surface area contributed by atoms with Crippen LogP contribution in [0.3, 0.4) is 0 Å². The summed E-state index contributed by atoms with van der Waals surface area (Å²) in [7, 11) is 0. The smallest absolute Gasteiger partial charge is 0.157 e. The molecule has 0 amide bonds. The molecule has 2 saturated heterocycles. The molecule has 0 spiro atoms. The number of aryl methyl sites for hydroxylation is 1.